The summed E-state index contributed by atoms with van der Waals surface area (Å²) in [5, 5.41) is 23.1. The van der Waals surface area contributed by atoms with Crippen molar-refractivity contribution in [2.75, 3.05) is 13.2 Å². The first-order valence-electron chi connectivity index (χ1n) is 21.2. The van der Waals surface area contributed by atoms with Crippen molar-refractivity contribution in [3.63, 3.8) is 0 Å². The highest BCUT2D eigenvalue weighted by molar-refractivity contribution is 5.98. The van der Waals surface area contributed by atoms with Gasteiger partial charge in [-0.1, -0.05) is 103 Å². The van der Waals surface area contributed by atoms with E-state index in [4.69, 9.17) is 18.9 Å². The van der Waals surface area contributed by atoms with Crippen LogP contribution in [0, 0.1) is 0 Å². The fourth-order valence-electron chi connectivity index (χ4n) is 8.22. The lowest BCUT2D eigenvalue weighted by Gasteiger charge is -2.33. The topological polar surface area (TPSA) is 161 Å². The van der Waals surface area contributed by atoms with Crippen LogP contribution in [0.3, 0.4) is 0 Å². The number of aliphatic hydroxyl groups excluding tert-OH is 1. The number of nitrogens with zero attached hydrogens (tertiary/aromatic N) is 1. The molecule has 5 unspecified atom stereocenters. The Balaban J connectivity index is 1.13. The van der Waals surface area contributed by atoms with Gasteiger partial charge in [0.05, 0.1) is 18.2 Å². The number of hydrogen-bond acceptors (Lipinski definition) is 10. The summed E-state index contributed by atoms with van der Waals surface area (Å²) in [5.74, 6) is -3.07. The Morgan fingerprint density at radius 2 is 1.61 bits per heavy atom. The van der Waals surface area contributed by atoms with E-state index in [1.54, 1.807) is 57.2 Å². The zero-order chi connectivity index (χ0) is 43.9. The number of likely N-dealkylation sites (tertiary alicyclic amines) is 1. The zero-order valence-corrected chi connectivity index (χ0v) is 35.3. The molecule has 5 atom stereocenters. The van der Waals surface area contributed by atoms with Crippen molar-refractivity contribution in [2.24, 2.45) is 0 Å². The summed E-state index contributed by atoms with van der Waals surface area (Å²) in [4.78, 5) is 56.3. The number of ether oxygens (including phenoxy) is 4. The molecule has 4 aromatic rings. The molecule has 0 radical (unpaired) electrons. The molecule has 62 heavy (non-hydrogen) atoms. The molecule has 2 fully saturated rings. The van der Waals surface area contributed by atoms with Gasteiger partial charge in [0, 0.05) is 36.1 Å². The maximum absolute atomic E-state index is 14.6. The Morgan fingerprint density at radius 1 is 0.919 bits per heavy atom. The molecule has 4 aromatic carbocycles. The number of benzene rings is 4. The molecule has 12 heteroatoms. The van der Waals surface area contributed by atoms with Crippen LogP contribution in [0.4, 0.5) is 0 Å². The second kappa shape index (κ2) is 19.3. The number of allylic oxidation sites excluding steroid dienone is 1. The molecule has 0 bridgehead atoms. The highest BCUT2D eigenvalue weighted by Crippen LogP contribution is 2.47. The van der Waals surface area contributed by atoms with E-state index in [1.165, 1.54) is 4.90 Å². The van der Waals surface area contributed by atoms with Crippen molar-refractivity contribution in [1.29, 1.82) is 0 Å². The van der Waals surface area contributed by atoms with Gasteiger partial charge in [0.25, 0.3) is 0 Å². The highest BCUT2D eigenvalue weighted by Gasteiger charge is 2.55. The number of phenolic OH excluding ortho intramolecular Hbond substituents is 1. The SMILES string of the molecule is CC(C)(C)OC(=O)CCC(CO)NC(=O)C1CCCN1C(=O)C1=CC2OC(c3ccccc3)(c3ccccc3)OC2C(OC(=O)c2cccc(C=CCc3ccccc3O)c2)C1. The van der Waals surface area contributed by atoms with Gasteiger partial charge in [-0.2, -0.15) is 0 Å². The number of fused-ring (bicyclic) bond motifs is 1. The lowest BCUT2D eigenvalue weighted by molar-refractivity contribution is -0.157. The van der Waals surface area contributed by atoms with E-state index in [0.717, 1.165) is 22.3 Å². The number of aromatic hydroxyl groups is 1. The molecule has 2 saturated heterocycles. The standard InChI is InChI=1S/C50H54N2O10/c1-49(2,3)61-44(55)27-26-39(32-53)51-46(56)40-24-14-28-52(40)47(57)36-30-42(59-48(58)35-19-13-16-33(29-35)15-12-18-34-17-10-11-25-41(34)54)45-43(31-36)60-50(62-45,37-20-6-4-7-21-37)38-22-8-5-9-23-38/h4-13,15-17,19-23,25,29,31,39-40,42-43,45,53-54H,14,18,24,26-28,30,32H2,1-3H3,(H,51,56). The minimum Gasteiger partial charge on any atom is -0.508 e. The average molecular weight is 843 g/mol. The molecule has 2 aliphatic heterocycles. The number of nitrogens with one attached hydrogen (secondary N) is 1. The smallest absolute Gasteiger partial charge is 0.338 e. The fourth-order valence-corrected chi connectivity index (χ4v) is 8.22. The van der Waals surface area contributed by atoms with Crippen LogP contribution in [0.15, 0.2) is 127 Å². The van der Waals surface area contributed by atoms with Gasteiger partial charge in [-0.25, -0.2) is 4.79 Å². The maximum Gasteiger partial charge on any atom is 0.338 e. The van der Waals surface area contributed by atoms with Crippen molar-refractivity contribution in [1.82, 2.24) is 10.2 Å². The number of amides is 2. The molecule has 2 heterocycles. The largest absolute Gasteiger partial charge is 0.508 e. The minimum atomic E-state index is -1.40. The lowest BCUT2D eigenvalue weighted by atomic mass is 9.91. The number of carbonyl (C=O) groups excluding carboxylic acids is 4. The van der Waals surface area contributed by atoms with Gasteiger partial charge in [0.15, 0.2) is 0 Å². The first-order chi connectivity index (χ1) is 29.8. The first-order valence-corrected chi connectivity index (χ1v) is 21.2. The van der Waals surface area contributed by atoms with Gasteiger partial charge in [-0.3, -0.25) is 14.4 Å². The molecule has 1 aliphatic carbocycles. The molecule has 3 N–H and O–H groups in total. The summed E-state index contributed by atoms with van der Waals surface area (Å²) >= 11 is 0. The van der Waals surface area contributed by atoms with Crippen LogP contribution in [0.1, 0.15) is 85.5 Å². The summed E-state index contributed by atoms with van der Waals surface area (Å²) in [7, 11) is 0. The number of phenols is 1. The van der Waals surface area contributed by atoms with Crippen LogP contribution in [0.25, 0.3) is 6.08 Å². The molecule has 7 rings (SSSR count). The lowest BCUT2D eigenvalue weighted by Crippen LogP contribution is -2.51. The second-order valence-corrected chi connectivity index (χ2v) is 16.9. The van der Waals surface area contributed by atoms with Crippen LogP contribution >= 0.6 is 0 Å². The number of rotatable bonds is 14. The van der Waals surface area contributed by atoms with Crippen LogP contribution in [-0.2, 0) is 45.5 Å². The Morgan fingerprint density at radius 3 is 2.29 bits per heavy atom. The van der Waals surface area contributed by atoms with E-state index in [2.05, 4.69) is 5.32 Å². The Labute approximate surface area is 362 Å². The molecule has 3 aliphatic rings. The first kappa shape index (κ1) is 44.0. The van der Waals surface area contributed by atoms with Crippen molar-refractivity contribution in [3.8, 4) is 5.75 Å². The van der Waals surface area contributed by atoms with Crippen molar-refractivity contribution in [3.05, 3.63) is 155 Å². The monoisotopic (exact) mass is 842 g/mol. The third-order valence-corrected chi connectivity index (χ3v) is 11.2. The summed E-state index contributed by atoms with van der Waals surface area (Å²) in [6.45, 7) is 5.23. The van der Waals surface area contributed by atoms with E-state index in [-0.39, 0.29) is 25.0 Å². The van der Waals surface area contributed by atoms with E-state index in [0.29, 0.717) is 36.9 Å². The number of carbonyl (C=O) groups is 4. The van der Waals surface area contributed by atoms with E-state index in [1.807, 2.05) is 91.0 Å². The molecule has 2 amide bonds. The third-order valence-electron chi connectivity index (χ3n) is 11.2. The van der Waals surface area contributed by atoms with Gasteiger partial charge in [-0.15, -0.1) is 0 Å². The zero-order valence-electron chi connectivity index (χ0n) is 35.3. The van der Waals surface area contributed by atoms with Crippen molar-refractivity contribution < 1.29 is 48.3 Å². The van der Waals surface area contributed by atoms with Gasteiger partial charge in [-0.05, 0) is 81.9 Å². The maximum atomic E-state index is 14.6. The third kappa shape index (κ3) is 10.3. The van der Waals surface area contributed by atoms with Gasteiger partial charge >= 0.3 is 11.9 Å². The van der Waals surface area contributed by atoms with Crippen LogP contribution in [-0.4, -0.2) is 88.0 Å². The van der Waals surface area contributed by atoms with Gasteiger partial charge < -0.3 is 39.4 Å². The molecule has 0 saturated carbocycles. The summed E-state index contributed by atoms with van der Waals surface area (Å²) in [6.07, 6.45) is 4.53. The number of esters is 2. The van der Waals surface area contributed by atoms with Gasteiger partial charge in [0.1, 0.15) is 35.7 Å². The predicted molar refractivity (Wildman–Crippen MR) is 231 cm³/mol. The van der Waals surface area contributed by atoms with Crippen LogP contribution in [0.2, 0.25) is 0 Å². The minimum absolute atomic E-state index is 0.00179. The Bertz CT molecular complexity index is 2250. The van der Waals surface area contributed by atoms with Crippen molar-refractivity contribution in [2.45, 2.75) is 101 Å². The molecule has 0 spiro atoms. The molecule has 0 aromatic heterocycles. The number of hydrogen-bond donors (Lipinski definition) is 3. The fraction of sp³-hybridized carbons (Fsp3) is 0.360. The molecular weight excluding hydrogens is 789 g/mol. The van der Waals surface area contributed by atoms with Crippen molar-refractivity contribution >= 4 is 29.8 Å². The van der Waals surface area contributed by atoms with E-state index in [9.17, 15) is 29.4 Å². The average Bonchev–Trinajstić information content (AvgIpc) is 3.93. The van der Waals surface area contributed by atoms with E-state index >= 15 is 0 Å². The second-order valence-electron chi connectivity index (χ2n) is 16.9. The summed E-state index contributed by atoms with van der Waals surface area (Å²) in [6, 6.07) is 31.5. The predicted octanol–water partition coefficient (Wildman–Crippen LogP) is 6.78. The Hall–Kier alpha value is -6.08. The molecule has 324 valence electrons. The molecule has 12 nitrogen and oxygen atoms in total. The highest BCUT2D eigenvalue weighted by atomic mass is 16.8. The van der Waals surface area contributed by atoms with Gasteiger partial charge in [0.2, 0.25) is 17.6 Å². The normalized spacial score (nSPS) is 21.2. The van der Waals surface area contributed by atoms with Crippen LogP contribution in [0.5, 0.6) is 5.75 Å². The number of para-hydroxylation sites is 1. The summed E-state index contributed by atoms with van der Waals surface area (Å²) in [5.41, 5.74) is 2.92. The van der Waals surface area contributed by atoms with E-state index < -0.39 is 72.1 Å². The number of aliphatic hydroxyl groups is 1. The Kier molecular flexibility index (Phi) is 13.7. The molecular formula is C50H54N2O10. The van der Waals surface area contributed by atoms with Crippen LogP contribution < -0.4 is 5.32 Å². The quantitative estimate of drug-likeness (QED) is 0.116. The summed E-state index contributed by atoms with van der Waals surface area (Å²) < 4.78 is 25.5.